The molecule has 5 rings (SSSR count). The number of benzene rings is 1. The van der Waals surface area contributed by atoms with Gasteiger partial charge in [-0.3, -0.25) is 4.98 Å². The molecule has 0 spiro atoms. The van der Waals surface area contributed by atoms with E-state index in [2.05, 4.69) is 40.5 Å². The largest absolute Gasteiger partial charge is 0.381 e. The molecule has 0 amide bonds. The summed E-state index contributed by atoms with van der Waals surface area (Å²) < 4.78 is 11.5. The number of nitrogens with zero attached hydrogens (tertiary/aromatic N) is 2. The second-order valence-corrected chi connectivity index (χ2v) is 10.0. The highest BCUT2D eigenvalue weighted by Gasteiger charge is 2.33. The molecule has 178 valence electrons. The highest BCUT2D eigenvalue weighted by atomic mass is 16.5. The number of rotatable bonds is 6. The predicted octanol–water partition coefficient (Wildman–Crippen LogP) is 4.28. The van der Waals surface area contributed by atoms with E-state index in [-0.39, 0.29) is 5.41 Å². The molecule has 0 radical (unpaired) electrons. The van der Waals surface area contributed by atoms with Crippen LogP contribution in [-0.4, -0.2) is 57.1 Å². The number of nitrogens with one attached hydrogen (secondary N) is 1. The molecule has 0 bridgehead atoms. The fraction of sp³-hybridized carbons (Fsp3) is 0.607. The summed E-state index contributed by atoms with van der Waals surface area (Å²) in [6.07, 6.45) is 11.3. The Morgan fingerprint density at radius 1 is 0.909 bits per heavy atom. The van der Waals surface area contributed by atoms with Crippen LogP contribution >= 0.6 is 0 Å². The Morgan fingerprint density at radius 2 is 1.79 bits per heavy atom. The first-order valence-electron chi connectivity index (χ1n) is 13.0. The Hall–Kier alpha value is -1.95. The fourth-order valence-electron chi connectivity index (χ4n) is 5.93. The Labute approximate surface area is 198 Å². The minimum atomic E-state index is 0.119. The molecule has 2 fully saturated rings. The molecule has 2 saturated heterocycles. The van der Waals surface area contributed by atoms with E-state index in [9.17, 15) is 0 Å². The van der Waals surface area contributed by atoms with E-state index in [1.54, 1.807) is 0 Å². The fourth-order valence-corrected chi connectivity index (χ4v) is 5.93. The monoisotopic (exact) mass is 449 g/mol. The van der Waals surface area contributed by atoms with E-state index in [0.717, 1.165) is 71.7 Å². The van der Waals surface area contributed by atoms with Gasteiger partial charge in [0, 0.05) is 55.3 Å². The SMILES string of the molecule is c1ccc([C@@]2(CCNC3Cc4ccc(N5CCOCC5)cc4C3)CCCCCOCC2)nc1. The number of pyridine rings is 1. The zero-order valence-electron chi connectivity index (χ0n) is 19.9. The standard InChI is InChI=1S/C28H39N3O2/c1-3-9-28(11-17-32-16-5-1,27-6-2-4-12-30-27)10-13-29-25-20-23-7-8-26(22-24(23)21-25)31-14-18-33-19-15-31/h2,4,6-8,12,22,25,29H,1,3,5,9-11,13-21H2/t25?,28-/m1/s1. The van der Waals surface area contributed by atoms with Crippen LogP contribution in [0.5, 0.6) is 0 Å². The molecule has 5 nitrogen and oxygen atoms in total. The third-order valence-corrected chi connectivity index (χ3v) is 7.91. The maximum atomic E-state index is 5.95. The van der Waals surface area contributed by atoms with E-state index < -0.39 is 0 Å². The highest BCUT2D eigenvalue weighted by Crippen LogP contribution is 2.37. The normalized spacial score (nSPS) is 26.3. The smallest absolute Gasteiger partial charge is 0.0642 e. The number of aromatic nitrogens is 1. The molecule has 3 heterocycles. The molecule has 5 heteroatoms. The maximum absolute atomic E-state index is 5.95. The second-order valence-electron chi connectivity index (χ2n) is 10.0. The van der Waals surface area contributed by atoms with Crippen molar-refractivity contribution in [3.63, 3.8) is 0 Å². The van der Waals surface area contributed by atoms with Gasteiger partial charge in [0.1, 0.15) is 0 Å². The van der Waals surface area contributed by atoms with Gasteiger partial charge in [0.05, 0.1) is 13.2 Å². The number of hydrogen-bond acceptors (Lipinski definition) is 5. The molecule has 1 aromatic heterocycles. The molecular formula is C28H39N3O2. The topological polar surface area (TPSA) is 46.6 Å². The highest BCUT2D eigenvalue weighted by molar-refractivity contribution is 5.53. The molecule has 1 aliphatic carbocycles. The van der Waals surface area contributed by atoms with E-state index >= 15 is 0 Å². The van der Waals surface area contributed by atoms with Gasteiger partial charge in [-0.05, 0) is 80.5 Å². The summed E-state index contributed by atoms with van der Waals surface area (Å²) in [5.41, 5.74) is 5.76. The van der Waals surface area contributed by atoms with Crippen molar-refractivity contribution in [3.05, 3.63) is 59.4 Å². The van der Waals surface area contributed by atoms with Gasteiger partial charge < -0.3 is 19.7 Å². The molecule has 2 aromatic rings. The van der Waals surface area contributed by atoms with Crippen molar-refractivity contribution in [1.29, 1.82) is 0 Å². The average molecular weight is 450 g/mol. The van der Waals surface area contributed by atoms with E-state index in [1.165, 1.54) is 48.2 Å². The van der Waals surface area contributed by atoms with E-state index in [4.69, 9.17) is 14.5 Å². The van der Waals surface area contributed by atoms with Crippen molar-refractivity contribution in [1.82, 2.24) is 10.3 Å². The Kier molecular flexibility index (Phi) is 7.60. The zero-order valence-corrected chi connectivity index (χ0v) is 19.9. The first kappa shape index (κ1) is 22.8. The molecule has 0 saturated carbocycles. The number of fused-ring (bicyclic) bond motifs is 1. The minimum Gasteiger partial charge on any atom is -0.381 e. The zero-order chi connectivity index (χ0) is 22.3. The summed E-state index contributed by atoms with van der Waals surface area (Å²) in [4.78, 5) is 7.28. The van der Waals surface area contributed by atoms with Crippen LogP contribution in [0.15, 0.2) is 42.6 Å². The lowest BCUT2D eigenvalue weighted by molar-refractivity contribution is 0.113. The van der Waals surface area contributed by atoms with Gasteiger partial charge in [0.15, 0.2) is 0 Å². The lowest BCUT2D eigenvalue weighted by Crippen LogP contribution is -2.37. The lowest BCUT2D eigenvalue weighted by Gasteiger charge is -2.34. The van der Waals surface area contributed by atoms with Crippen molar-refractivity contribution in [2.24, 2.45) is 0 Å². The Balaban J connectivity index is 1.21. The number of ether oxygens (including phenoxy) is 2. The van der Waals surface area contributed by atoms with Gasteiger partial charge in [-0.2, -0.15) is 0 Å². The summed E-state index contributed by atoms with van der Waals surface area (Å²) in [7, 11) is 0. The van der Waals surface area contributed by atoms with Gasteiger partial charge in [0.2, 0.25) is 0 Å². The van der Waals surface area contributed by atoms with Crippen molar-refractivity contribution in [2.45, 2.75) is 62.8 Å². The van der Waals surface area contributed by atoms with Gasteiger partial charge in [-0.15, -0.1) is 0 Å². The van der Waals surface area contributed by atoms with Crippen molar-refractivity contribution >= 4 is 5.69 Å². The van der Waals surface area contributed by atoms with Crippen LogP contribution in [0.4, 0.5) is 5.69 Å². The quantitative estimate of drug-likeness (QED) is 0.713. The molecule has 1 aromatic carbocycles. The first-order chi connectivity index (χ1) is 16.3. The Morgan fingerprint density at radius 3 is 2.67 bits per heavy atom. The van der Waals surface area contributed by atoms with Gasteiger partial charge in [0.25, 0.3) is 0 Å². The summed E-state index contributed by atoms with van der Waals surface area (Å²) in [5.74, 6) is 0. The Bertz CT molecular complexity index is 872. The minimum absolute atomic E-state index is 0.119. The van der Waals surface area contributed by atoms with E-state index in [0.29, 0.717) is 6.04 Å². The van der Waals surface area contributed by atoms with Gasteiger partial charge in [-0.25, -0.2) is 0 Å². The maximum Gasteiger partial charge on any atom is 0.0642 e. The molecular weight excluding hydrogens is 410 g/mol. The average Bonchev–Trinajstić information content (AvgIpc) is 3.32. The van der Waals surface area contributed by atoms with Crippen LogP contribution in [0.3, 0.4) is 0 Å². The van der Waals surface area contributed by atoms with Crippen LogP contribution in [0.2, 0.25) is 0 Å². The molecule has 1 unspecified atom stereocenters. The number of morpholine rings is 1. The summed E-state index contributed by atoms with van der Waals surface area (Å²) >= 11 is 0. The van der Waals surface area contributed by atoms with Crippen LogP contribution in [0, 0.1) is 0 Å². The first-order valence-corrected chi connectivity index (χ1v) is 13.0. The van der Waals surface area contributed by atoms with Crippen molar-refractivity contribution < 1.29 is 9.47 Å². The number of anilines is 1. The van der Waals surface area contributed by atoms with E-state index in [1.807, 2.05) is 12.3 Å². The third kappa shape index (κ3) is 5.59. The van der Waals surface area contributed by atoms with Crippen LogP contribution in [0.1, 0.15) is 55.3 Å². The summed E-state index contributed by atoms with van der Waals surface area (Å²) in [6, 6.07) is 14.0. The molecule has 2 aliphatic heterocycles. The van der Waals surface area contributed by atoms with Crippen LogP contribution < -0.4 is 10.2 Å². The number of hydrogen-bond donors (Lipinski definition) is 1. The molecule has 3 aliphatic rings. The lowest BCUT2D eigenvalue weighted by atomic mass is 9.74. The third-order valence-electron chi connectivity index (χ3n) is 7.91. The molecule has 1 N–H and O–H groups in total. The summed E-state index contributed by atoms with van der Waals surface area (Å²) in [6.45, 7) is 6.46. The molecule has 2 atom stereocenters. The van der Waals surface area contributed by atoms with Crippen molar-refractivity contribution in [3.8, 4) is 0 Å². The second kappa shape index (κ2) is 11.0. The van der Waals surface area contributed by atoms with Gasteiger partial charge >= 0.3 is 0 Å². The molecule has 33 heavy (non-hydrogen) atoms. The van der Waals surface area contributed by atoms with Crippen molar-refractivity contribution in [2.75, 3.05) is 51.0 Å². The summed E-state index contributed by atoms with van der Waals surface area (Å²) in [5, 5.41) is 3.92. The van der Waals surface area contributed by atoms with Gasteiger partial charge in [-0.1, -0.05) is 25.0 Å². The van der Waals surface area contributed by atoms with Crippen LogP contribution in [-0.2, 0) is 27.7 Å². The predicted molar refractivity (Wildman–Crippen MR) is 133 cm³/mol. The van der Waals surface area contributed by atoms with Crippen LogP contribution in [0.25, 0.3) is 0 Å².